The molecule has 1 aromatic heterocycles. The molecular weight excluding hydrogens is 272 g/mol. The molecule has 1 atom stereocenters. The van der Waals surface area contributed by atoms with Crippen LogP contribution in [-0.4, -0.2) is 16.5 Å². The predicted octanol–water partition coefficient (Wildman–Crippen LogP) is 4.04. The van der Waals surface area contributed by atoms with Crippen LogP contribution in [0, 0.1) is 6.92 Å². The van der Waals surface area contributed by atoms with Gasteiger partial charge in [-0.05, 0) is 38.5 Å². The first-order valence-corrected chi connectivity index (χ1v) is 7.08. The highest BCUT2D eigenvalue weighted by atomic mass is 35.5. The van der Waals surface area contributed by atoms with Gasteiger partial charge in [0, 0.05) is 29.4 Å². The molecule has 5 heteroatoms. The van der Waals surface area contributed by atoms with Gasteiger partial charge in [-0.2, -0.15) is 4.98 Å². The highest BCUT2D eigenvalue weighted by Crippen LogP contribution is 2.21. The summed E-state index contributed by atoms with van der Waals surface area (Å²) < 4.78 is 0. The molecule has 0 bridgehead atoms. The van der Waals surface area contributed by atoms with Crippen molar-refractivity contribution in [2.75, 3.05) is 17.2 Å². The van der Waals surface area contributed by atoms with E-state index in [4.69, 9.17) is 11.6 Å². The van der Waals surface area contributed by atoms with Gasteiger partial charge in [0.15, 0.2) is 0 Å². The van der Waals surface area contributed by atoms with E-state index < -0.39 is 0 Å². The van der Waals surface area contributed by atoms with Crippen molar-refractivity contribution in [1.29, 1.82) is 0 Å². The Kier molecular flexibility index (Phi) is 4.79. The molecule has 1 unspecified atom stereocenters. The van der Waals surface area contributed by atoms with Gasteiger partial charge >= 0.3 is 0 Å². The number of rotatable bonds is 5. The molecule has 0 spiro atoms. The zero-order valence-electron chi connectivity index (χ0n) is 11.9. The zero-order valence-corrected chi connectivity index (χ0v) is 12.7. The first kappa shape index (κ1) is 14.6. The Morgan fingerprint density at radius 2 is 2.05 bits per heavy atom. The van der Waals surface area contributed by atoms with Crippen LogP contribution in [0.25, 0.3) is 0 Å². The Labute approximate surface area is 124 Å². The molecule has 4 nitrogen and oxygen atoms in total. The van der Waals surface area contributed by atoms with E-state index in [1.54, 1.807) is 0 Å². The van der Waals surface area contributed by atoms with E-state index in [2.05, 4.69) is 27.5 Å². The molecule has 20 heavy (non-hydrogen) atoms. The molecule has 2 N–H and O–H groups in total. The number of hydrogen-bond donors (Lipinski definition) is 2. The van der Waals surface area contributed by atoms with Gasteiger partial charge in [-0.1, -0.05) is 23.7 Å². The monoisotopic (exact) mass is 290 g/mol. The summed E-state index contributed by atoms with van der Waals surface area (Å²) in [5.74, 6) is 1.45. The van der Waals surface area contributed by atoms with E-state index in [9.17, 15) is 0 Å². The first-order valence-electron chi connectivity index (χ1n) is 6.70. The van der Waals surface area contributed by atoms with Crippen molar-refractivity contribution >= 4 is 23.4 Å². The van der Waals surface area contributed by atoms with Crippen molar-refractivity contribution in [2.45, 2.75) is 26.8 Å². The van der Waals surface area contributed by atoms with E-state index >= 15 is 0 Å². The van der Waals surface area contributed by atoms with E-state index in [0.29, 0.717) is 5.95 Å². The Morgan fingerprint density at radius 1 is 1.25 bits per heavy atom. The largest absolute Gasteiger partial charge is 0.363 e. The van der Waals surface area contributed by atoms with Crippen LogP contribution in [0.15, 0.2) is 30.3 Å². The summed E-state index contributed by atoms with van der Waals surface area (Å²) in [7, 11) is 0. The molecule has 1 heterocycles. The molecule has 0 aliphatic carbocycles. The quantitative estimate of drug-likeness (QED) is 0.872. The topological polar surface area (TPSA) is 49.8 Å². The summed E-state index contributed by atoms with van der Waals surface area (Å²) in [6.45, 7) is 6.86. The lowest BCUT2D eigenvalue weighted by Gasteiger charge is -2.16. The molecule has 0 amide bonds. The average molecular weight is 291 g/mol. The van der Waals surface area contributed by atoms with E-state index in [-0.39, 0.29) is 6.04 Å². The molecular formula is C15H19ClN4. The molecule has 2 rings (SSSR count). The number of hydrogen-bond acceptors (Lipinski definition) is 4. The fourth-order valence-corrected chi connectivity index (χ4v) is 2.16. The molecule has 0 aliphatic heterocycles. The second-order valence-corrected chi connectivity index (χ2v) is 5.11. The predicted molar refractivity (Wildman–Crippen MR) is 84.4 cm³/mol. The zero-order chi connectivity index (χ0) is 14.5. The summed E-state index contributed by atoms with van der Waals surface area (Å²) in [5.41, 5.74) is 2.05. The van der Waals surface area contributed by atoms with E-state index in [0.717, 1.165) is 28.6 Å². The van der Waals surface area contributed by atoms with Crippen molar-refractivity contribution in [3.8, 4) is 0 Å². The summed E-state index contributed by atoms with van der Waals surface area (Å²) in [6.07, 6.45) is 0. The van der Waals surface area contributed by atoms with Crippen LogP contribution in [0.5, 0.6) is 0 Å². The van der Waals surface area contributed by atoms with Gasteiger partial charge < -0.3 is 10.6 Å². The molecule has 0 fully saturated rings. The molecule has 0 aliphatic rings. The number of aromatic nitrogens is 2. The van der Waals surface area contributed by atoms with Crippen LogP contribution in [0.4, 0.5) is 11.8 Å². The van der Waals surface area contributed by atoms with E-state index in [1.807, 2.05) is 44.2 Å². The van der Waals surface area contributed by atoms with Gasteiger partial charge in [-0.15, -0.1) is 0 Å². The normalized spacial score (nSPS) is 12.0. The highest BCUT2D eigenvalue weighted by molar-refractivity contribution is 6.30. The lowest BCUT2D eigenvalue weighted by Crippen LogP contribution is -2.10. The average Bonchev–Trinajstić information content (AvgIpc) is 2.38. The fraction of sp³-hybridized carbons (Fsp3) is 0.333. The lowest BCUT2D eigenvalue weighted by atomic mass is 10.1. The van der Waals surface area contributed by atoms with Crippen molar-refractivity contribution in [3.05, 3.63) is 46.6 Å². The number of halogens is 1. The van der Waals surface area contributed by atoms with Gasteiger partial charge in [0.25, 0.3) is 0 Å². The summed E-state index contributed by atoms with van der Waals surface area (Å²) in [4.78, 5) is 8.78. The minimum absolute atomic E-state index is 0.123. The van der Waals surface area contributed by atoms with Crippen LogP contribution < -0.4 is 10.6 Å². The minimum Gasteiger partial charge on any atom is -0.363 e. The SMILES string of the molecule is CCNc1nc(C)cc(NC(C)c2cccc(Cl)c2)n1. The maximum atomic E-state index is 6.02. The van der Waals surface area contributed by atoms with Gasteiger partial charge in [0.1, 0.15) is 5.82 Å². The maximum absolute atomic E-state index is 6.02. The lowest BCUT2D eigenvalue weighted by molar-refractivity contribution is 0.870. The van der Waals surface area contributed by atoms with Crippen LogP contribution in [0.3, 0.4) is 0 Å². The van der Waals surface area contributed by atoms with Crippen molar-refractivity contribution in [2.24, 2.45) is 0 Å². The van der Waals surface area contributed by atoms with Crippen LogP contribution in [0.1, 0.15) is 31.1 Å². The molecule has 106 valence electrons. The Morgan fingerprint density at radius 3 is 2.75 bits per heavy atom. The van der Waals surface area contributed by atoms with Gasteiger partial charge in [-0.25, -0.2) is 4.98 Å². The maximum Gasteiger partial charge on any atom is 0.224 e. The Hall–Kier alpha value is -1.81. The standard InChI is InChI=1S/C15H19ClN4/c1-4-17-15-18-10(2)8-14(20-15)19-11(3)12-6-5-7-13(16)9-12/h5-9,11H,4H2,1-3H3,(H2,17,18,19,20). The first-order chi connectivity index (χ1) is 9.58. The van der Waals surface area contributed by atoms with Crippen molar-refractivity contribution in [1.82, 2.24) is 9.97 Å². The van der Waals surface area contributed by atoms with Crippen molar-refractivity contribution in [3.63, 3.8) is 0 Å². The van der Waals surface area contributed by atoms with Crippen LogP contribution in [-0.2, 0) is 0 Å². The number of aryl methyl sites for hydroxylation is 1. The highest BCUT2D eigenvalue weighted by Gasteiger charge is 2.08. The van der Waals surface area contributed by atoms with Crippen LogP contribution in [0.2, 0.25) is 5.02 Å². The summed E-state index contributed by atoms with van der Waals surface area (Å²) >= 11 is 6.02. The van der Waals surface area contributed by atoms with Gasteiger partial charge in [0.05, 0.1) is 0 Å². The molecule has 1 aromatic carbocycles. The third kappa shape index (κ3) is 3.84. The van der Waals surface area contributed by atoms with Gasteiger partial charge in [-0.3, -0.25) is 0 Å². The Balaban J connectivity index is 2.16. The number of anilines is 2. The number of benzene rings is 1. The molecule has 0 saturated carbocycles. The third-order valence-corrected chi connectivity index (χ3v) is 3.14. The second-order valence-electron chi connectivity index (χ2n) is 4.67. The summed E-state index contributed by atoms with van der Waals surface area (Å²) in [5, 5.41) is 7.24. The second kappa shape index (κ2) is 6.57. The van der Waals surface area contributed by atoms with Gasteiger partial charge in [0.2, 0.25) is 5.95 Å². The number of nitrogens with zero attached hydrogens (tertiary/aromatic N) is 2. The van der Waals surface area contributed by atoms with Crippen molar-refractivity contribution < 1.29 is 0 Å². The number of nitrogens with one attached hydrogen (secondary N) is 2. The molecule has 0 radical (unpaired) electrons. The third-order valence-electron chi connectivity index (χ3n) is 2.90. The summed E-state index contributed by atoms with van der Waals surface area (Å²) in [6, 6.07) is 9.88. The minimum atomic E-state index is 0.123. The molecule has 2 aromatic rings. The Bertz CT molecular complexity index is 586. The molecule has 0 saturated heterocycles. The smallest absolute Gasteiger partial charge is 0.224 e. The fourth-order valence-electron chi connectivity index (χ4n) is 1.96. The van der Waals surface area contributed by atoms with Crippen LogP contribution >= 0.6 is 11.6 Å². The van der Waals surface area contributed by atoms with E-state index in [1.165, 1.54) is 0 Å².